The zero-order chi connectivity index (χ0) is 11.0. The standard InChI is InChI=1S/C7H14N2O3.C2H6/c1-8-6-2-4-7(5-3-6)12-9(10)11;1-2/h6-8H,2-5H2,1H3;1-2H3. The number of rotatable bonds is 3. The van der Waals surface area contributed by atoms with Gasteiger partial charge in [0.1, 0.15) is 6.10 Å². The van der Waals surface area contributed by atoms with Crippen LogP contribution in [0.4, 0.5) is 0 Å². The quantitative estimate of drug-likeness (QED) is 0.562. The zero-order valence-corrected chi connectivity index (χ0v) is 9.16. The Hall–Kier alpha value is -0.840. The Morgan fingerprint density at radius 1 is 1.29 bits per heavy atom. The molecule has 0 bridgehead atoms. The van der Waals surface area contributed by atoms with Gasteiger partial charge in [0.2, 0.25) is 0 Å². The Labute approximate surface area is 84.9 Å². The predicted molar refractivity (Wildman–Crippen MR) is 54.5 cm³/mol. The summed E-state index contributed by atoms with van der Waals surface area (Å²) in [5.74, 6) is 0. The highest BCUT2D eigenvalue weighted by Gasteiger charge is 2.22. The fraction of sp³-hybridized carbons (Fsp3) is 1.00. The van der Waals surface area contributed by atoms with Crippen LogP contribution in [0.2, 0.25) is 0 Å². The average Bonchev–Trinajstić information content (AvgIpc) is 2.21. The molecule has 0 spiro atoms. The highest BCUT2D eigenvalue weighted by molar-refractivity contribution is 4.75. The summed E-state index contributed by atoms with van der Waals surface area (Å²) in [6.07, 6.45) is 3.33. The minimum absolute atomic E-state index is 0.176. The van der Waals surface area contributed by atoms with E-state index in [0.29, 0.717) is 6.04 Å². The van der Waals surface area contributed by atoms with Crippen molar-refractivity contribution in [2.75, 3.05) is 7.05 Å². The third-order valence-electron chi connectivity index (χ3n) is 2.32. The highest BCUT2D eigenvalue weighted by Crippen LogP contribution is 2.20. The molecular formula is C9H20N2O3. The molecule has 1 aliphatic carbocycles. The van der Waals surface area contributed by atoms with Crippen molar-refractivity contribution in [3.05, 3.63) is 10.1 Å². The van der Waals surface area contributed by atoms with E-state index in [1.165, 1.54) is 0 Å². The fourth-order valence-electron chi connectivity index (χ4n) is 1.58. The Kier molecular flexibility index (Phi) is 7.10. The molecule has 0 unspecified atom stereocenters. The lowest BCUT2D eigenvalue weighted by Crippen LogP contribution is -2.33. The van der Waals surface area contributed by atoms with Crippen LogP contribution < -0.4 is 5.32 Å². The molecule has 0 amide bonds. The first-order valence-electron chi connectivity index (χ1n) is 5.21. The van der Waals surface area contributed by atoms with Crippen LogP contribution in [0.1, 0.15) is 39.5 Å². The van der Waals surface area contributed by atoms with Gasteiger partial charge in [0.25, 0.3) is 5.09 Å². The van der Waals surface area contributed by atoms with E-state index in [0.717, 1.165) is 25.7 Å². The molecule has 5 heteroatoms. The largest absolute Gasteiger partial charge is 0.317 e. The molecule has 1 fully saturated rings. The predicted octanol–water partition coefficient (Wildman–Crippen LogP) is 1.75. The van der Waals surface area contributed by atoms with Gasteiger partial charge in [0.05, 0.1) is 0 Å². The summed E-state index contributed by atoms with van der Waals surface area (Å²) in [6, 6.07) is 0.511. The molecule has 84 valence electrons. The summed E-state index contributed by atoms with van der Waals surface area (Å²) in [7, 11) is 1.92. The molecule has 1 saturated carbocycles. The van der Waals surface area contributed by atoms with E-state index in [9.17, 15) is 10.1 Å². The Bertz CT molecular complexity index is 156. The number of nitrogens with zero attached hydrogens (tertiary/aromatic N) is 1. The van der Waals surface area contributed by atoms with Gasteiger partial charge in [0, 0.05) is 6.04 Å². The van der Waals surface area contributed by atoms with Gasteiger partial charge >= 0.3 is 0 Å². The van der Waals surface area contributed by atoms with Crippen LogP contribution in [0.25, 0.3) is 0 Å². The Morgan fingerprint density at radius 3 is 2.14 bits per heavy atom. The van der Waals surface area contributed by atoms with E-state index in [-0.39, 0.29) is 6.10 Å². The summed E-state index contributed by atoms with van der Waals surface area (Å²) in [5.41, 5.74) is 0. The van der Waals surface area contributed by atoms with Crippen molar-refractivity contribution in [1.82, 2.24) is 5.32 Å². The first-order chi connectivity index (χ1) is 6.72. The van der Waals surface area contributed by atoms with Gasteiger partial charge in [-0.15, -0.1) is 10.1 Å². The minimum Gasteiger partial charge on any atom is -0.317 e. The maximum atomic E-state index is 9.99. The SMILES string of the molecule is CC.CNC1CCC(O[N+](=O)[O-])CC1. The second kappa shape index (κ2) is 7.55. The van der Waals surface area contributed by atoms with E-state index in [2.05, 4.69) is 10.2 Å². The first kappa shape index (κ1) is 13.2. The van der Waals surface area contributed by atoms with Gasteiger partial charge in [-0.1, -0.05) is 13.8 Å². The molecule has 0 aromatic rings. The van der Waals surface area contributed by atoms with E-state index in [4.69, 9.17) is 0 Å². The monoisotopic (exact) mass is 204 g/mol. The van der Waals surface area contributed by atoms with Gasteiger partial charge in [-0.3, -0.25) is 0 Å². The zero-order valence-electron chi connectivity index (χ0n) is 9.16. The second-order valence-electron chi connectivity index (χ2n) is 3.09. The van der Waals surface area contributed by atoms with Crippen molar-refractivity contribution in [1.29, 1.82) is 0 Å². The molecule has 5 nitrogen and oxygen atoms in total. The summed E-state index contributed by atoms with van der Waals surface area (Å²) < 4.78 is 0. The molecule has 1 rings (SSSR count). The summed E-state index contributed by atoms with van der Waals surface area (Å²) in [4.78, 5) is 14.5. The lowest BCUT2D eigenvalue weighted by molar-refractivity contribution is -0.769. The first-order valence-corrected chi connectivity index (χ1v) is 5.21. The van der Waals surface area contributed by atoms with E-state index < -0.39 is 5.09 Å². The molecule has 0 radical (unpaired) electrons. The summed E-state index contributed by atoms with van der Waals surface area (Å²) >= 11 is 0. The van der Waals surface area contributed by atoms with Crippen molar-refractivity contribution in [2.24, 2.45) is 0 Å². The van der Waals surface area contributed by atoms with Crippen molar-refractivity contribution in [3.63, 3.8) is 0 Å². The highest BCUT2D eigenvalue weighted by atomic mass is 17.0. The van der Waals surface area contributed by atoms with E-state index in [1.54, 1.807) is 0 Å². The number of hydrogen-bond donors (Lipinski definition) is 1. The second-order valence-corrected chi connectivity index (χ2v) is 3.09. The molecule has 0 aromatic carbocycles. The Balaban J connectivity index is 0.000000791. The van der Waals surface area contributed by atoms with Crippen LogP contribution in [0.3, 0.4) is 0 Å². The maximum absolute atomic E-state index is 9.99. The smallest absolute Gasteiger partial charge is 0.294 e. The lowest BCUT2D eigenvalue weighted by atomic mass is 9.93. The molecule has 14 heavy (non-hydrogen) atoms. The molecule has 0 heterocycles. The molecular weight excluding hydrogens is 184 g/mol. The molecule has 1 N–H and O–H groups in total. The van der Waals surface area contributed by atoms with Crippen LogP contribution in [-0.2, 0) is 4.84 Å². The normalized spacial score (nSPS) is 25.9. The molecule has 0 aromatic heterocycles. The molecule has 1 aliphatic rings. The number of nitrogens with one attached hydrogen (secondary N) is 1. The topological polar surface area (TPSA) is 64.4 Å². The van der Waals surface area contributed by atoms with Gasteiger partial charge < -0.3 is 10.2 Å². The molecule has 0 atom stereocenters. The van der Waals surface area contributed by atoms with Crippen molar-refractivity contribution < 1.29 is 9.92 Å². The van der Waals surface area contributed by atoms with Crippen LogP contribution in [0, 0.1) is 10.1 Å². The van der Waals surface area contributed by atoms with Crippen molar-refractivity contribution >= 4 is 0 Å². The fourth-order valence-corrected chi connectivity index (χ4v) is 1.58. The van der Waals surface area contributed by atoms with Crippen molar-refractivity contribution in [2.45, 2.75) is 51.7 Å². The number of hydrogen-bond acceptors (Lipinski definition) is 4. The van der Waals surface area contributed by atoms with Crippen LogP contribution in [-0.4, -0.2) is 24.3 Å². The third-order valence-corrected chi connectivity index (χ3v) is 2.32. The average molecular weight is 204 g/mol. The van der Waals surface area contributed by atoms with E-state index >= 15 is 0 Å². The van der Waals surface area contributed by atoms with E-state index in [1.807, 2.05) is 20.9 Å². The minimum atomic E-state index is -0.690. The van der Waals surface area contributed by atoms with Gasteiger partial charge in [-0.2, -0.15) is 0 Å². The maximum Gasteiger partial charge on any atom is 0.294 e. The summed E-state index contributed by atoms with van der Waals surface area (Å²) in [5, 5.41) is 12.4. The van der Waals surface area contributed by atoms with Crippen LogP contribution in [0.15, 0.2) is 0 Å². The molecule has 0 saturated heterocycles. The Morgan fingerprint density at radius 2 is 1.79 bits per heavy atom. The lowest BCUT2D eigenvalue weighted by Gasteiger charge is -2.26. The van der Waals surface area contributed by atoms with Gasteiger partial charge in [-0.25, -0.2) is 0 Å². The molecule has 0 aliphatic heterocycles. The van der Waals surface area contributed by atoms with Crippen molar-refractivity contribution in [3.8, 4) is 0 Å². The van der Waals surface area contributed by atoms with Gasteiger partial charge in [0.15, 0.2) is 0 Å². The van der Waals surface area contributed by atoms with Gasteiger partial charge in [-0.05, 0) is 32.7 Å². The van der Waals surface area contributed by atoms with Crippen LogP contribution in [0.5, 0.6) is 0 Å². The third kappa shape index (κ3) is 5.01. The summed E-state index contributed by atoms with van der Waals surface area (Å²) in [6.45, 7) is 4.00. The van der Waals surface area contributed by atoms with Crippen LogP contribution >= 0.6 is 0 Å².